The van der Waals surface area contributed by atoms with Crippen molar-refractivity contribution < 1.29 is 9.59 Å². The first-order chi connectivity index (χ1) is 10.5. The maximum Gasteiger partial charge on any atom is 0.317 e. The van der Waals surface area contributed by atoms with E-state index in [-0.39, 0.29) is 11.9 Å². The van der Waals surface area contributed by atoms with Gasteiger partial charge in [0.1, 0.15) is 5.82 Å². The molecule has 0 aliphatic carbocycles. The lowest BCUT2D eigenvalue weighted by molar-refractivity contribution is -0.120. The van der Waals surface area contributed by atoms with E-state index in [1.165, 1.54) is 4.90 Å². The molecule has 0 saturated carbocycles. The Morgan fingerprint density at radius 2 is 2.14 bits per heavy atom. The molecule has 7 nitrogen and oxygen atoms in total. The minimum absolute atomic E-state index is 0.0836. The lowest BCUT2D eigenvalue weighted by Gasteiger charge is -2.17. The van der Waals surface area contributed by atoms with E-state index in [0.29, 0.717) is 19.5 Å². The Labute approximate surface area is 129 Å². The molecule has 0 aliphatic heterocycles. The number of imidazole rings is 1. The minimum Gasteiger partial charge on any atom is -0.359 e. The highest BCUT2D eigenvalue weighted by molar-refractivity contribution is 5.78. The monoisotopic (exact) mass is 303 g/mol. The van der Waals surface area contributed by atoms with Gasteiger partial charge >= 0.3 is 6.03 Å². The Balaban J connectivity index is 1.87. The van der Waals surface area contributed by atoms with Crippen LogP contribution in [0.3, 0.4) is 0 Å². The van der Waals surface area contributed by atoms with E-state index >= 15 is 0 Å². The van der Waals surface area contributed by atoms with Gasteiger partial charge in [0.2, 0.25) is 5.91 Å². The smallest absolute Gasteiger partial charge is 0.317 e. The highest BCUT2D eigenvalue weighted by atomic mass is 16.2. The van der Waals surface area contributed by atoms with Crippen LogP contribution in [-0.4, -0.2) is 47.4 Å². The van der Waals surface area contributed by atoms with Gasteiger partial charge in [0, 0.05) is 33.6 Å². The molecule has 0 bridgehead atoms. The number of carbonyl (C=O) groups excluding carboxylic acids is 2. The fraction of sp³-hybridized carbons (Fsp3) is 0.400. The normalized spacial score (nSPS) is 10.5. The average Bonchev–Trinajstić information content (AvgIpc) is 2.88. The lowest BCUT2D eigenvalue weighted by atomic mass is 10.2. The number of urea groups is 1. The Hall–Kier alpha value is -2.57. The first-order valence-electron chi connectivity index (χ1n) is 7.14. The summed E-state index contributed by atoms with van der Waals surface area (Å²) in [7, 11) is 3.25. The predicted molar refractivity (Wildman–Crippen MR) is 84.4 cm³/mol. The summed E-state index contributed by atoms with van der Waals surface area (Å²) in [5.74, 6) is 0.782. The molecule has 0 radical (unpaired) electrons. The Morgan fingerprint density at radius 3 is 2.86 bits per heavy atom. The van der Waals surface area contributed by atoms with Crippen LogP contribution in [0.4, 0.5) is 4.79 Å². The SMILES string of the molecule is CNC(=O)CCN(C)C(=O)NCc1ccc2nc(C)[nH]c2c1. The van der Waals surface area contributed by atoms with Crippen molar-refractivity contribution in [2.24, 2.45) is 0 Å². The van der Waals surface area contributed by atoms with Gasteiger partial charge in [-0.15, -0.1) is 0 Å². The second-order valence-electron chi connectivity index (χ2n) is 5.18. The summed E-state index contributed by atoms with van der Waals surface area (Å²) >= 11 is 0. The van der Waals surface area contributed by atoms with Gasteiger partial charge in [-0.1, -0.05) is 6.07 Å². The molecular formula is C15H21N5O2. The van der Waals surface area contributed by atoms with Crippen LogP contribution in [-0.2, 0) is 11.3 Å². The maximum atomic E-state index is 11.9. The van der Waals surface area contributed by atoms with Gasteiger partial charge in [-0.25, -0.2) is 9.78 Å². The largest absolute Gasteiger partial charge is 0.359 e. The summed E-state index contributed by atoms with van der Waals surface area (Å²) in [5, 5.41) is 5.36. The zero-order chi connectivity index (χ0) is 16.1. The zero-order valence-electron chi connectivity index (χ0n) is 13.1. The number of benzene rings is 1. The number of aryl methyl sites for hydroxylation is 1. The standard InChI is InChI=1S/C15H21N5O2/c1-10-18-12-5-4-11(8-13(12)19-10)9-17-15(22)20(3)7-6-14(21)16-2/h4-5,8H,6-7,9H2,1-3H3,(H,16,21)(H,17,22)(H,18,19). The van der Waals surface area contributed by atoms with Crippen molar-refractivity contribution in [2.75, 3.05) is 20.6 Å². The summed E-state index contributed by atoms with van der Waals surface area (Å²) in [6.45, 7) is 2.71. The zero-order valence-corrected chi connectivity index (χ0v) is 13.1. The second kappa shape index (κ2) is 6.93. The average molecular weight is 303 g/mol. The molecule has 3 N–H and O–H groups in total. The van der Waals surface area contributed by atoms with Crippen LogP contribution >= 0.6 is 0 Å². The molecule has 1 aromatic carbocycles. The first kappa shape index (κ1) is 15.8. The molecule has 0 spiro atoms. The van der Waals surface area contributed by atoms with Crippen molar-refractivity contribution in [1.29, 1.82) is 0 Å². The van der Waals surface area contributed by atoms with E-state index in [1.54, 1.807) is 14.1 Å². The van der Waals surface area contributed by atoms with Crippen molar-refractivity contribution in [1.82, 2.24) is 25.5 Å². The summed E-state index contributed by atoms with van der Waals surface area (Å²) < 4.78 is 0. The van der Waals surface area contributed by atoms with Crippen LogP contribution in [0.1, 0.15) is 17.8 Å². The first-order valence-corrected chi connectivity index (χ1v) is 7.14. The van der Waals surface area contributed by atoms with Crippen molar-refractivity contribution in [3.8, 4) is 0 Å². The number of aromatic amines is 1. The Kier molecular flexibility index (Phi) is 4.98. The highest BCUT2D eigenvalue weighted by Crippen LogP contribution is 2.13. The van der Waals surface area contributed by atoms with Crippen LogP contribution in [0.15, 0.2) is 18.2 Å². The molecule has 0 unspecified atom stereocenters. The quantitative estimate of drug-likeness (QED) is 0.774. The molecule has 1 heterocycles. The Bertz CT molecular complexity index is 680. The van der Waals surface area contributed by atoms with E-state index in [9.17, 15) is 9.59 Å². The molecule has 118 valence electrons. The molecule has 0 aliphatic rings. The number of hydrogen-bond acceptors (Lipinski definition) is 3. The third-order valence-corrected chi connectivity index (χ3v) is 3.41. The molecule has 1 aromatic heterocycles. The predicted octanol–water partition coefficient (Wildman–Crippen LogP) is 1.15. The van der Waals surface area contributed by atoms with Gasteiger partial charge in [-0.2, -0.15) is 0 Å². The number of carbonyl (C=O) groups is 2. The minimum atomic E-state index is -0.204. The van der Waals surface area contributed by atoms with Crippen LogP contribution in [0, 0.1) is 6.92 Å². The summed E-state index contributed by atoms with van der Waals surface area (Å²) in [6.07, 6.45) is 0.291. The number of fused-ring (bicyclic) bond motifs is 1. The van der Waals surface area contributed by atoms with Crippen molar-refractivity contribution in [3.05, 3.63) is 29.6 Å². The molecule has 2 rings (SSSR count). The van der Waals surface area contributed by atoms with E-state index < -0.39 is 0 Å². The van der Waals surface area contributed by atoms with Gasteiger partial charge in [0.15, 0.2) is 0 Å². The molecular weight excluding hydrogens is 282 g/mol. The maximum absolute atomic E-state index is 11.9. The number of amides is 3. The van der Waals surface area contributed by atoms with Crippen molar-refractivity contribution >= 4 is 23.0 Å². The molecule has 3 amide bonds. The molecule has 0 saturated heterocycles. The van der Waals surface area contributed by atoms with E-state index in [0.717, 1.165) is 22.4 Å². The summed E-state index contributed by atoms with van der Waals surface area (Å²) in [6, 6.07) is 5.63. The van der Waals surface area contributed by atoms with Crippen LogP contribution in [0.2, 0.25) is 0 Å². The van der Waals surface area contributed by atoms with E-state index in [2.05, 4.69) is 20.6 Å². The van der Waals surface area contributed by atoms with Gasteiger partial charge in [0.25, 0.3) is 0 Å². The van der Waals surface area contributed by atoms with Crippen molar-refractivity contribution in [2.45, 2.75) is 19.9 Å². The third kappa shape index (κ3) is 3.97. The topological polar surface area (TPSA) is 90.1 Å². The fourth-order valence-electron chi connectivity index (χ4n) is 2.10. The number of nitrogens with one attached hydrogen (secondary N) is 3. The number of rotatable bonds is 5. The number of hydrogen-bond donors (Lipinski definition) is 3. The number of aromatic nitrogens is 2. The number of H-pyrrole nitrogens is 1. The molecule has 0 atom stereocenters. The van der Waals surface area contributed by atoms with Gasteiger partial charge in [-0.3, -0.25) is 4.79 Å². The van der Waals surface area contributed by atoms with E-state index in [1.807, 2.05) is 25.1 Å². The molecule has 7 heteroatoms. The van der Waals surface area contributed by atoms with Crippen LogP contribution in [0.5, 0.6) is 0 Å². The van der Waals surface area contributed by atoms with Crippen LogP contribution < -0.4 is 10.6 Å². The molecule has 2 aromatic rings. The Morgan fingerprint density at radius 1 is 1.36 bits per heavy atom. The summed E-state index contributed by atoms with van der Waals surface area (Å²) in [4.78, 5) is 32.1. The van der Waals surface area contributed by atoms with Crippen LogP contribution in [0.25, 0.3) is 11.0 Å². The lowest BCUT2D eigenvalue weighted by Crippen LogP contribution is -2.38. The van der Waals surface area contributed by atoms with Gasteiger partial charge in [-0.05, 0) is 24.6 Å². The highest BCUT2D eigenvalue weighted by Gasteiger charge is 2.10. The fourth-order valence-corrected chi connectivity index (χ4v) is 2.10. The van der Waals surface area contributed by atoms with Gasteiger partial charge < -0.3 is 20.5 Å². The molecule has 22 heavy (non-hydrogen) atoms. The van der Waals surface area contributed by atoms with E-state index in [4.69, 9.17) is 0 Å². The summed E-state index contributed by atoms with van der Waals surface area (Å²) in [5.41, 5.74) is 2.86. The third-order valence-electron chi connectivity index (χ3n) is 3.41. The number of nitrogens with zero attached hydrogens (tertiary/aromatic N) is 2. The second-order valence-corrected chi connectivity index (χ2v) is 5.18. The van der Waals surface area contributed by atoms with Gasteiger partial charge in [0.05, 0.1) is 11.0 Å². The molecule has 0 fully saturated rings. The van der Waals surface area contributed by atoms with Crippen molar-refractivity contribution in [3.63, 3.8) is 0 Å².